The van der Waals surface area contributed by atoms with Crippen molar-refractivity contribution in [1.82, 2.24) is 10.3 Å². The molecule has 1 aliphatic heterocycles. The molecule has 3 nitrogen and oxygen atoms in total. The number of rotatable bonds is 4. The molecular formula is C13H23N3S. The van der Waals surface area contributed by atoms with Gasteiger partial charge in [0.05, 0.1) is 0 Å². The van der Waals surface area contributed by atoms with Gasteiger partial charge < -0.3 is 10.2 Å². The van der Waals surface area contributed by atoms with Crippen molar-refractivity contribution in [3.05, 3.63) is 11.1 Å². The van der Waals surface area contributed by atoms with Gasteiger partial charge in [-0.05, 0) is 24.8 Å². The minimum absolute atomic E-state index is 0.436. The highest BCUT2D eigenvalue weighted by Crippen LogP contribution is 2.33. The first-order valence-electron chi connectivity index (χ1n) is 6.51. The highest BCUT2D eigenvalue weighted by atomic mass is 32.1. The fourth-order valence-corrected chi connectivity index (χ4v) is 3.26. The molecule has 0 atom stereocenters. The number of piperidine rings is 1. The number of aromatic nitrogens is 1. The normalized spacial score (nSPS) is 19.6. The van der Waals surface area contributed by atoms with Crippen molar-refractivity contribution >= 4 is 16.5 Å². The van der Waals surface area contributed by atoms with Crippen LogP contribution in [0.4, 0.5) is 5.13 Å². The summed E-state index contributed by atoms with van der Waals surface area (Å²) < 4.78 is 0. The molecule has 0 radical (unpaired) electrons. The van der Waals surface area contributed by atoms with Crippen LogP contribution in [0.1, 0.15) is 38.5 Å². The van der Waals surface area contributed by atoms with Gasteiger partial charge in [-0.1, -0.05) is 20.8 Å². The Labute approximate surface area is 108 Å². The van der Waals surface area contributed by atoms with E-state index in [-0.39, 0.29) is 0 Å². The van der Waals surface area contributed by atoms with Crippen molar-refractivity contribution in [3.8, 4) is 0 Å². The van der Waals surface area contributed by atoms with Gasteiger partial charge in [-0.3, -0.25) is 0 Å². The van der Waals surface area contributed by atoms with Gasteiger partial charge in [0.15, 0.2) is 5.13 Å². The third-order valence-corrected chi connectivity index (χ3v) is 4.32. The molecule has 17 heavy (non-hydrogen) atoms. The quantitative estimate of drug-likeness (QED) is 0.894. The van der Waals surface area contributed by atoms with Gasteiger partial charge >= 0.3 is 0 Å². The van der Waals surface area contributed by atoms with E-state index < -0.39 is 0 Å². The molecule has 1 aliphatic rings. The molecule has 0 bridgehead atoms. The van der Waals surface area contributed by atoms with Crippen LogP contribution >= 0.6 is 11.3 Å². The molecule has 2 heterocycles. The van der Waals surface area contributed by atoms with Crippen LogP contribution in [-0.2, 0) is 6.54 Å². The summed E-state index contributed by atoms with van der Waals surface area (Å²) in [6.45, 7) is 11.1. The molecule has 0 aromatic carbocycles. The average molecular weight is 253 g/mol. The summed E-state index contributed by atoms with van der Waals surface area (Å²) in [7, 11) is 0. The van der Waals surface area contributed by atoms with Crippen LogP contribution in [0.2, 0.25) is 0 Å². The highest BCUT2D eigenvalue weighted by molar-refractivity contribution is 7.15. The second kappa shape index (κ2) is 5.36. The molecule has 1 aromatic rings. The van der Waals surface area contributed by atoms with Crippen molar-refractivity contribution in [2.45, 2.75) is 40.2 Å². The molecule has 1 fully saturated rings. The first-order valence-corrected chi connectivity index (χ1v) is 7.33. The minimum atomic E-state index is 0.436. The fourth-order valence-electron chi connectivity index (χ4n) is 2.36. The van der Waals surface area contributed by atoms with Gasteiger partial charge in [-0.2, -0.15) is 0 Å². The zero-order valence-electron chi connectivity index (χ0n) is 11.1. The smallest absolute Gasteiger partial charge is 0.185 e. The van der Waals surface area contributed by atoms with E-state index in [0.29, 0.717) is 5.41 Å². The Bertz CT molecular complexity index is 359. The van der Waals surface area contributed by atoms with Gasteiger partial charge in [-0.15, -0.1) is 11.3 Å². The van der Waals surface area contributed by atoms with E-state index in [0.717, 1.165) is 26.2 Å². The molecule has 96 valence electrons. The van der Waals surface area contributed by atoms with Crippen LogP contribution in [0.15, 0.2) is 6.20 Å². The number of hydrogen-bond acceptors (Lipinski definition) is 4. The van der Waals surface area contributed by atoms with Crippen LogP contribution in [0.3, 0.4) is 0 Å². The van der Waals surface area contributed by atoms with Gasteiger partial charge in [-0.25, -0.2) is 4.98 Å². The predicted octanol–water partition coefficient (Wildman–Crippen LogP) is 2.88. The number of nitrogens with zero attached hydrogens (tertiary/aromatic N) is 2. The first-order chi connectivity index (χ1) is 8.11. The van der Waals surface area contributed by atoms with Crippen LogP contribution < -0.4 is 10.2 Å². The Balaban J connectivity index is 1.99. The minimum Gasteiger partial charge on any atom is -0.348 e. The van der Waals surface area contributed by atoms with E-state index in [4.69, 9.17) is 0 Å². The summed E-state index contributed by atoms with van der Waals surface area (Å²) in [5.41, 5.74) is 0.436. The number of hydrogen-bond donors (Lipinski definition) is 1. The van der Waals surface area contributed by atoms with Gasteiger partial charge in [0.25, 0.3) is 0 Å². The van der Waals surface area contributed by atoms with Crippen LogP contribution in [0, 0.1) is 5.41 Å². The van der Waals surface area contributed by atoms with E-state index in [9.17, 15) is 0 Å². The van der Waals surface area contributed by atoms with Crippen LogP contribution in [0.5, 0.6) is 0 Å². The molecule has 4 heteroatoms. The summed E-state index contributed by atoms with van der Waals surface area (Å²) in [6, 6.07) is 0. The Morgan fingerprint density at radius 2 is 2.35 bits per heavy atom. The SMILES string of the molecule is CCNCc1cnc(N2CCCC(C)(C)C2)s1. The lowest BCUT2D eigenvalue weighted by molar-refractivity contribution is 0.293. The Kier molecular flexibility index (Phi) is 4.05. The Morgan fingerprint density at radius 1 is 1.53 bits per heavy atom. The van der Waals surface area contributed by atoms with E-state index in [2.05, 4.69) is 36.0 Å². The molecular weight excluding hydrogens is 230 g/mol. The second-order valence-corrected chi connectivity index (χ2v) is 6.67. The number of thiazole rings is 1. The maximum absolute atomic E-state index is 4.56. The average Bonchev–Trinajstić information content (AvgIpc) is 2.73. The molecule has 0 amide bonds. The van der Waals surface area contributed by atoms with Crippen molar-refractivity contribution in [1.29, 1.82) is 0 Å². The van der Waals surface area contributed by atoms with Crippen molar-refractivity contribution in [2.24, 2.45) is 5.41 Å². The lowest BCUT2D eigenvalue weighted by Gasteiger charge is -2.37. The molecule has 2 rings (SSSR count). The monoisotopic (exact) mass is 253 g/mol. The molecule has 1 N–H and O–H groups in total. The summed E-state index contributed by atoms with van der Waals surface area (Å²) in [5, 5.41) is 4.55. The zero-order valence-corrected chi connectivity index (χ0v) is 11.9. The van der Waals surface area contributed by atoms with E-state index in [1.54, 1.807) is 0 Å². The first kappa shape index (κ1) is 12.8. The lowest BCUT2D eigenvalue weighted by Crippen LogP contribution is -2.39. The maximum atomic E-state index is 4.56. The summed E-state index contributed by atoms with van der Waals surface area (Å²) in [4.78, 5) is 8.35. The fraction of sp³-hybridized carbons (Fsp3) is 0.769. The third kappa shape index (κ3) is 3.42. The van der Waals surface area contributed by atoms with E-state index >= 15 is 0 Å². The number of nitrogens with one attached hydrogen (secondary N) is 1. The van der Waals surface area contributed by atoms with Crippen molar-refractivity contribution in [2.75, 3.05) is 24.5 Å². The van der Waals surface area contributed by atoms with Crippen molar-refractivity contribution in [3.63, 3.8) is 0 Å². The zero-order chi connectivity index (χ0) is 12.3. The number of anilines is 1. The third-order valence-electron chi connectivity index (χ3n) is 3.26. The van der Waals surface area contributed by atoms with Crippen LogP contribution in [-0.4, -0.2) is 24.6 Å². The standard InChI is InChI=1S/C13H23N3S/c1-4-14-8-11-9-15-12(17-11)16-7-5-6-13(2,3)10-16/h9,14H,4-8,10H2,1-3H3. The van der Waals surface area contributed by atoms with Crippen LogP contribution in [0.25, 0.3) is 0 Å². The highest BCUT2D eigenvalue weighted by Gasteiger charge is 2.27. The van der Waals surface area contributed by atoms with Gasteiger partial charge in [0.1, 0.15) is 0 Å². The van der Waals surface area contributed by atoms with E-state index in [1.165, 1.54) is 22.9 Å². The van der Waals surface area contributed by atoms with Gasteiger partial charge in [0.2, 0.25) is 0 Å². The molecule has 0 spiro atoms. The van der Waals surface area contributed by atoms with E-state index in [1.807, 2.05) is 17.5 Å². The summed E-state index contributed by atoms with van der Waals surface area (Å²) in [6.07, 6.45) is 4.64. The van der Waals surface area contributed by atoms with Crippen molar-refractivity contribution < 1.29 is 0 Å². The Hall–Kier alpha value is -0.610. The maximum Gasteiger partial charge on any atom is 0.185 e. The molecule has 0 saturated carbocycles. The predicted molar refractivity (Wildman–Crippen MR) is 74.7 cm³/mol. The largest absolute Gasteiger partial charge is 0.348 e. The Morgan fingerprint density at radius 3 is 3.06 bits per heavy atom. The van der Waals surface area contributed by atoms with Gasteiger partial charge in [0, 0.05) is 30.7 Å². The summed E-state index contributed by atoms with van der Waals surface area (Å²) in [5.74, 6) is 0. The molecule has 1 aromatic heterocycles. The summed E-state index contributed by atoms with van der Waals surface area (Å²) >= 11 is 1.83. The lowest BCUT2D eigenvalue weighted by atomic mass is 9.84. The molecule has 0 aliphatic carbocycles. The topological polar surface area (TPSA) is 28.2 Å². The molecule has 1 saturated heterocycles. The molecule has 0 unspecified atom stereocenters. The second-order valence-electron chi connectivity index (χ2n) is 5.58.